The molecule has 0 aliphatic carbocycles. The van der Waals surface area contributed by atoms with Crippen molar-refractivity contribution in [2.45, 2.75) is 12.3 Å². The monoisotopic (exact) mass is 225 g/mol. The lowest BCUT2D eigenvalue weighted by Gasteiger charge is -2.17. The second kappa shape index (κ2) is 3.95. The summed E-state index contributed by atoms with van der Waals surface area (Å²) < 4.78 is 6.28. The van der Waals surface area contributed by atoms with Crippen LogP contribution in [0.2, 0.25) is 0 Å². The normalized spacial score (nSPS) is 24.0. The highest BCUT2D eigenvalue weighted by Crippen LogP contribution is 2.24. The Bertz CT molecular complexity index is 482. The summed E-state index contributed by atoms with van der Waals surface area (Å²) >= 11 is 0. The number of hydrogen-bond donors (Lipinski definition) is 3. The van der Waals surface area contributed by atoms with Crippen LogP contribution in [0.15, 0.2) is 28.9 Å². The fourth-order valence-electron chi connectivity index (χ4n) is 1.47. The number of anilines is 1. The first-order valence-electron chi connectivity index (χ1n) is 4.63. The maximum atomic E-state index is 11.5. The van der Waals surface area contributed by atoms with Crippen LogP contribution in [0.3, 0.4) is 0 Å². The summed E-state index contributed by atoms with van der Waals surface area (Å²) in [5.41, 5.74) is 4.72. The van der Waals surface area contributed by atoms with Crippen molar-refractivity contribution >= 4 is 5.82 Å². The van der Waals surface area contributed by atoms with Crippen LogP contribution in [0, 0.1) is 0 Å². The van der Waals surface area contributed by atoms with Gasteiger partial charge in [0, 0.05) is 6.20 Å². The largest absolute Gasteiger partial charge is 0.469 e. The molecule has 1 aromatic heterocycles. The summed E-state index contributed by atoms with van der Waals surface area (Å²) in [5, 5.41) is 18.4. The number of aromatic nitrogens is 2. The molecule has 0 fully saturated rings. The molecule has 86 valence electrons. The number of ether oxygens (including phenoxy) is 1. The molecule has 0 aromatic carbocycles. The van der Waals surface area contributed by atoms with Crippen LogP contribution in [-0.4, -0.2) is 32.5 Å². The van der Waals surface area contributed by atoms with Gasteiger partial charge in [-0.25, -0.2) is 4.79 Å². The quantitative estimate of drug-likeness (QED) is 0.570. The number of nitrogens with zero attached hydrogens (tertiary/aromatic N) is 2. The molecule has 7 heteroatoms. The van der Waals surface area contributed by atoms with Crippen LogP contribution >= 0.6 is 0 Å². The molecule has 2 heterocycles. The van der Waals surface area contributed by atoms with Crippen LogP contribution < -0.4 is 11.4 Å². The molecule has 1 aliphatic heterocycles. The van der Waals surface area contributed by atoms with Crippen molar-refractivity contribution in [2.75, 3.05) is 12.3 Å². The van der Waals surface area contributed by atoms with Gasteiger partial charge in [0.25, 0.3) is 0 Å². The Morgan fingerprint density at radius 1 is 1.62 bits per heavy atom. The lowest BCUT2D eigenvalue weighted by Crippen LogP contribution is -2.32. The van der Waals surface area contributed by atoms with Gasteiger partial charge >= 0.3 is 5.69 Å². The van der Waals surface area contributed by atoms with E-state index in [1.165, 1.54) is 18.3 Å². The highest BCUT2D eigenvalue weighted by molar-refractivity contribution is 5.23. The van der Waals surface area contributed by atoms with E-state index in [9.17, 15) is 9.90 Å². The Morgan fingerprint density at radius 2 is 2.38 bits per heavy atom. The molecule has 0 radical (unpaired) electrons. The number of aliphatic hydroxyl groups is 2. The molecule has 2 rings (SSSR count). The van der Waals surface area contributed by atoms with Gasteiger partial charge < -0.3 is 20.7 Å². The fourth-order valence-corrected chi connectivity index (χ4v) is 1.47. The second-order valence-corrected chi connectivity index (χ2v) is 3.33. The Labute approximate surface area is 90.4 Å². The first-order valence-corrected chi connectivity index (χ1v) is 4.63. The van der Waals surface area contributed by atoms with Gasteiger partial charge in [-0.1, -0.05) is 0 Å². The van der Waals surface area contributed by atoms with Crippen LogP contribution in [0.25, 0.3) is 0 Å². The average Bonchev–Trinajstić information content (AvgIpc) is 2.60. The Morgan fingerprint density at radius 3 is 2.94 bits per heavy atom. The van der Waals surface area contributed by atoms with Gasteiger partial charge in [0.1, 0.15) is 24.3 Å². The molecule has 0 unspecified atom stereocenters. The Hall–Kier alpha value is -1.86. The van der Waals surface area contributed by atoms with Gasteiger partial charge in [0.2, 0.25) is 6.23 Å². The number of hydrogen-bond acceptors (Lipinski definition) is 6. The predicted octanol–water partition coefficient (Wildman–Crippen LogP) is -1.41. The fraction of sp³-hybridized carbons (Fsp3) is 0.333. The highest BCUT2D eigenvalue weighted by Gasteiger charge is 2.29. The summed E-state index contributed by atoms with van der Waals surface area (Å²) in [6.45, 7) is -0.329. The van der Waals surface area contributed by atoms with E-state index in [0.717, 1.165) is 4.57 Å². The smallest absolute Gasteiger partial charge is 0.352 e. The number of nitrogen functional groups attached to an aromatic ring is 1. The van der Waals surface area contributed by atoms with Crippen molar-refractivity contribution in [3.8, 4) is 0 Å². The van der Waals surface area contributed by atoms with Crippen LogP contribution in [-0.2, 0) is 4.74 Å². The summed E-state index contributed by atoms with van der Waals surface area (Å²) in [4.78, 5) is 15.0. The van der Waals surface area contributed by atoms with Gasteiger partial charge in [-0.2, -0.15) is 4.98 Å². The SMILES string of the molecule is Nc1ccn([C@@H]2OC(CO)=C[C@@H]2O)c(=O)n1. The molecule has 0 amide bonds. The van der Waals surface area contributed by atoms with Crippen molar-refractivity contribution in [3.63, 3.8) is 0 Å². The molecule has 16 heavy (non-hydrogen) atoms. The van der Waals surface area contributed by atoms with Gasteiger partial charge in [-0.05, 0) is 12.1 Å². The topological polar surface area (TPSA) is 111 Å². The third-order valence-corrected chi connectivity index (χ3v) is 2.20. The third-order valence-electron chi connectivity index (χ3n) is 2.20. The highest BCUT2D eigenvalue weighted by atomic mass is 16.5. The van der Waals surface area contributed by atoms with Crippen molar-refractivity contribution < 1.29 is 14.9 Å². The minimum atomic E-state index is -0.995. The summed E-state index contributed by atoms with van der Waals surface area (Å²) in [6.07, 6.45) is 0.827. The van der Waals surface area contributed by atoms with Crippen molar-refractivity contribution in [3.05, 3.63) is 34.6 Å². The zero-order valence-corrected chi connectivity index (χ0v) is 8.28. The zero-order chi connectivity index (χ0) is 11.7. The van der Waals surface area contributed by atoms with E-state index in [2.05, 4.69) is 4.98 Å². The van der Waals surface area contributed by atoms with E-state index in [-0.39, 0.29) is 18.2 Å². The first kappa shape index (κ1) is 10.7. The third kappa shape index (κ3) is 1.77. The predicted molar refractivity (Wildman–Crippen MR) is 54.2 cm³/mol. The van der Waals surface area contributed by atoms with Crippen LogP contribution in [0.5, 0.6) is 0 Å². The molecule has 0 saturated carbocycles. The second-order valence-electron chi connectivity index (χ2n) is 3.33. The Balaban J connectivity index is 2.30. The molecule has 4 N–H and O–H groups in total. The van der Waals surface area contributed by atoms with Crippen molar-refractivity contribution in [1.82, 2.24) is 9.55 Å². The number of nitrogens with two attached hydrogens (primary N) is 1. The maximum Gasteiger partial charge on any atom is 0.352 e. The van der Waals surface area contributed by atoms with Crippen LogP contribution in [0.4, 0.5) is 5.82 Å². The van der Waals surface area contributed by atoms with E-state index in [4.69, 9.17) is 15.6 Å². The molecule has 0 saturated heterocycles. The number of rotatable bonds is 2. The lowest BCUT2D eigenvalue weighted by atomic mass is 10.3. The molecule has 7 nitrogen and oxygen atoms in total. The average molecular weight is 225 g/mol. The first-order chi connectivity index (χ1) is 7.61. The van der Waals surface area contributed by atoms with Gasteiger partial charge in [-0.3, -0.25) is 4.57 Å². The van der Waals surface area contributed by atoms with Crippen molar-refractivity contribution in [2.24, 2.45) is 0 Å². The van der Waals surface area contributed by atoms with E-state index < -0.39 is 18.0 Å². The minimum absolute atomic E-state index is 0.101. The van der Waals surface area contributed by atoms with Gasteiger partial charge in [0.05, 0.1) is 0 Å². The van der Waals surface area contributed by atoms with E-state index in [1.807, 2.05) is 0 Å². The maximum absolute atomic E-state index is 11.5. The standard InChI is InChI=1S/C9H11N3O4/c10-7-1-2-12(9(15)11-7)8-6(14)3-5(4-13)16-8/h1-3,6,8,13-14H,4H2,(H2,10,11,15)/t6-,8+/m0/s1. The summed E-state index contributed by atoms with van der Waals surface area (Å²) in [6, 6.07) is 1.43. The van der Waals surface area contributed by atoms with Gasteiger partial charge in [-0.15, -0.1) is 0 Å². The molecule has 2 atom stereocenters. The van der Waals surface area contributed by atoms with E-state index in [0.29, 0.717) is 0 Å². The van der Waals surface area contributed by atoms with E-state index in [1.54, 1.807) is 0 Å². The molecular weight excluding hydrogens is 214 g/mol. The van der Waals surface area contributed by atoms with Crippen LogP contribution in [0.1, 0.15) is 6.23 Å². The van der Waals surface area contributed by atoms with Crippen molar-refractivity contribution in [1.29, 1.82) is 0 Å². The molecule has 0 spiro atoms. The van der Waals surface area contributed by atoms with Gasteiger partial charge in [0.15, 0.2) is 0 Å². The molecule has 1 aliphatic rings. The lowest BCUT2D eigenvalue weighted by molar-refractivity contribution is -0.0103. The van der Waals surface area contributed by atoms with E-state index >= 15 is 0 Å². The molecule has 0 bridgehead atoms. The Kier molecular flexibility index (Phi) is 2.63. The minimum Gasteiger partial charge on any atom is -0.469 e. The number of aliphatic hydroxyl groups excluding tert-OH is 2. The molecule has 1 aromatic rings. The molecular formula is C9H11N3O4. The summed E-state index contributed by atoms with van der Waals surface area (Å²) in [7, 11) is 0. The zero-order valence-electron chi connectivity index (χ0n) is 8.28. The summed E-state index contributed by atoms with van der Waals surface area (Å²) in [5.74, 6) is 0.324.